The molecule has 2 fully saturated rings. The fourth-order valence-electron chi connectivity index (χ4n) is 4.45. The van der Waals surface area contributed by atoms with Gasteiger partial charge in [0.25, 0.3) is 0 Å². The quantitative estimate of drug-likeness (QED) is 0.706. The summed E-state index contributed by atoms with van der Waals surface area (Å²) in [5.41, 5.74) is 1.10. The number of hydrogen-bond donors (Lipinski definition) is 1. The Bertz CT molecular complexity index is 654. The molecular weight excluding hydrogens is 334 g/mol. The average Bonchev–Trinajstić information content (AvgIpc) is 3.07. The molecule has 0 radical (unpaired) electrons. The van der Waals surface area contributed by atoms with E-state index in [1.807, 2.05) is 11.3 Å². The van der Waals surface area contributed by atoms with E-state index in [1.165, 1.54) is 86.0 Å². The van der Waals surface area contributed by atoms with Crippen molar-refractivity contribution in [1.29, 1.82) is 0 Å². The van der Waals surface area contributed by atoms with Crippen molar-refractivity contribution in [2.45, 2.75) is 81.2 Å². The first-order chi connectivity index (χ1) is 11.9. The van der Waals surface area contributed by atoms with E-state index in [9.17, 15) is 0 Å². The smallest absolute Gasteiger partial charge is 0.186 e. The molecule has 0 spiro atoms. The molecule has 0 amide bonds. The van der Waals surface area contributed by atoms with E-state index in [0.717, 1.165) is 10.4 Å². The second-order valence-corrected chi connectivity index (χ2v) is 8.89. The zero-order valence-electron chi connectivity index (χ0n) is 14.2. The second-order valence-electron chi connectivity index (χ2n) is 7.21. The van der Waals surface area contributed by atoms with Crippen LogP contribution in [0.4, 0.5) is 5.13 Å². The van der Waals surface area contributed by atoms with Gasteiger partial charge >= 0.3 is 0 Å². The van der Waals surface area contributed by atoms with Gasteiger partial charge in [0, 0.05) is 17.0 Å². The Hall–Kier alpha value is -0.780. The third-order valence-electron chi connectivity index (χ3n) is 5.65. The van der Waals surface area contributed by atoms with Crippen LogP contribution in [0.5, 0.6) is 0 Å². The summed E-state index contributed by atoms with van der Waals surface area (Å²) >= 11 is 3.19. The van der Waals surface area contributed by atoms with E-state index in [2.05, 4.69) is 23.1 Å². The van der Waals surface area contributed by atoms with E-state index in [0.29, 0.717) is 12.1 Å². The Morgan fingerprint density at radius 2 is 1.58 bits per heavy atom. The number of rotatable bonds is 4. The zero-order valence-corrected chi connectivity index (χ0v) is 15.9. The van der Waals surface area contributed by atoms with E-state index < -0.39 is 0 Å². The molecule has 1 aromatic heterocycles. The number of hydrogen-bond acceptors (Lipinski definition) is 5. The summed E-state index contributed by atoms with van der Waals surface area (Å²) in [6, 6.07) is 7.76. The van der Waals surface area contributed by atoms with Crippen molar-refractivity contribution >= 4 is 38.6 Å². The molecule has 2 N–H and O–H groups in total. The SMILES string of the molecule is NSc1cccc2sc(N(C3CCCCC3)C3CCCCC3)nc12. The van der Waals surface area contributed by atoms with Gasteiger partial charge in [-0.2, -0.15) is 0 Å². The number of thiazole rings is 1. The molecule has 3 nitrogen and oxygen atoms in total. The van der Waals surface area contributed by atoms with Crippen molar-refractivity contribution in [3.63, 3.8) is 0 Å². The van der Waals surface area contributed by atoms with Crippen molar-refractivity contribution in [2.24, 2.45) is 5.14 Å². The first-order valence-electron chi connectivity index (χ1n) is 9.41. The number of nitrogens with two attached hydrogens (primary N) is 1. The van der Waals surface area contributed by atoms with Crippen LogP contribution in [0.1, 0.15) is 64.2 Å². The summed E-state index contributed by atoms with van der Waals surface area (Å²) < 4.78 is 1.28. The molecule has 2 aromatic rings. The van der Waals surface area contributed by atoms with E-state index >= 15 is 0 Å². The van der Waals surface area contributed by atoms with Crippen LogP contribution in [0, 0.1) is 0 Å². The monoisotopic (exact) mass is 361 g/mol. The Morgan fingerprint density at radius 3 is 2.17 bits per heavy atom. The summed E-state index contributed by atoms with van der Waals surface area (Å²) in [5, 5.41) is 7.10. The lowest BCUT2D eigenvalue weighted by atomic mass is 9.89. The van der Waals surface area contributed by atoms with Crippen LogP contribution >= 0.6 is 23.3 Å². The van der Waals surface area contributed by atoms with Gasteiger partial charge in [0.15, 0.2) is 5.13 Å². The normalized spacial score (nSPS) is 20.5. The molecule has 1 heterocycles. The summed E-state index contributed by atoms with van der Waals surface area (Å²) in [5.74, 6) is 0. The molecule has 2 saturated carbocycles. The van der Waals surface area contributed by atoms with Crippen LogP contribution in [-0.4, -0.2) is 17.1 Å². The maximum atomic E-state index is 5.85. The standard InChI is InChI=1S/C19H27N3S2/c20-24-17-13-7-12-16-18(17)21-19(23-16)22(14-8-3-1-4-9-14)15-10-5-2-6-11-15/h7,12-15H,1-6,8-11,20H2. The molecule has 2 aliphatic carbocycles. The van der Waals surface area contributed by atoms with Crippen LogP contribution in [0.15, 0.2) is 23.1 Å². The number of nitrogens with zero attached hydrogens (tertiary/aromatic N) is 2. The number of fused-ring (bicyclic) bond motifs is 1. The third-order valence-corrected chi connectivity index (χ3v) is 7.27. The van der Waals surface area contributed by atoms with Gasteiger partial charge in [0.1, 0.15) is 0 Å². The molecule has 4 rings (SSSR count). The summed E-state index contributed by atoms with van der Waals surface area (Å²) in [7, 11) is 0. The van der Waals surface area contributed by atoms with Gasteiger partial charge in [0.2, 0.25) is 0 Å². The van der Waals surface area contributed by atoms with Gasteiger partial charge in [0.05, 0.1) is 10.2 Å². The molecule has 5 heteroatoms. The highest BCUT2D eigenvalue weighted by Gasteiger charge is 2.31. The van der Waals surface area contributed by atoms with Gasteiger partial charge in [-0.1, -0.05) is 55.9 Å². The molecule has 0 unspecified atom stereocenters. The minimum Gasteiger partial charge on any atom is -0.342 e. The maximum absolute atomic E-state index is 5.85. The molecule has 2 aliphatic rings. The lowest BCUT2D eigenvalue weighted by Gasteiger charge is -2.41. The van der Waals surface area contributed by atoms with E-state index in [4.69, 9.17) is 10.1 Å². The summed E-state index contributed by atoms with van der Waals surface area (Å²) in [6.45, 7) is 0. The second kappa shape index (κ2) is 7.63. The lowest BCUT2D eigenvalue weighted by molar-refractivity contribution is 0.339. The zero-order chi connectivity index (χ0) is 16.4. The molecule has 24 heavy (non-hydrogen) atoms. The van der Waals surface area contributed by atoms with E-state index in [-0.39, 0.29) is 0 Å². The van der Waals surface area contributed by atoms with Gasteiger partial charge in [-0.05, 0) is 49.8 Å². The van der Waals surface area contributed by atoms with Crippen LogP contribution in [-0.2, 0) is 0 Å². The van der Waals surface area contributed by atoms with E-state index in [1.54, 1.807) is 0 Å². The summed E-state index contributed by atoms with van der Waals surface area (Å²) in [6.07, 6.45) is 13.7. The van der Waals surface area contributed by atoms with Gasteiger partial charge < -0.3 is 4.90 Å². The number of para-hydroxylation sites is 1. The fourth-order valence-corrected chi connectivity index (χ4v) is 6.07. The number of aromatic nitrogens is 1. The molecular formula is C19H27N3S2. The van der Waals surface area contributed by atoms with Gasteiger partial charge in [-0.3, -0.25) is 5.14 Å². The van der Waals surface area contributed by atoms with Crippen LogP contribution in [0.3, 0.4) is 0 Å². The molecule has 1 aromatic carbocycles. The van der Waals surface area contributed by atoms with Crippen molar-refractivity contribution < 1.29 is 0 Å². The number of anilines is 1. The average molecular weight is 362 g/mol. The highest BCUT2D eigenvalue weighted by Crippen LogP contribution is 2.39. The Morgan fingerprint density at radius 1 is 0.958 bits per heavy atom. The Kier molecular flexibility index (Phi) is 5.30. The minimum atomic E-state index is 0.691. The largest absolute Gasteiger partial charge is 0.342 e. The topological polar surface area (TPSA) is 42.1 Å². The van der Waals surface area contributed by atoms with Crippen molar-refractivity contribution in [1.82, 2.24) is 4.98 Å². The molecule has 0 saturated heterocycles. The minimum absolute atomic E-state index is 0.691. The molecule has 0 atom stereocenters. The highest BCUT2D eigenvalue weighted by atomic mass is 32.2. The van der Waals surface area contributed by atoms with Crippen LogP contribution in [0.25, 0.3) is 10.2 Å². The van der Waals surface area contributed by atoms with Crippen molar-refractivity contribution in [3.05, 3.63) is 18.2 Å². The van der Waals surface area contributed by atoms with Crippen molar-refractivity contribution in [2.75, 3.05) is 4.90 Å². The highest BCUT2D eigenvalue weighted by molar-refractivity contribution is 7.97. The summed E-state index contributed by atoms with van der Waals surface area (Å²) in [4.78, 5) is 8.91. The third kappa shape index (κ3) is 3.31. The van der Waals surface area contributed by atoms with Crippen LogP contribution < -0.4 is 10.0 Å². The number of benzene rings is 1. The molecule has 0 aliphatic heterocycles. The van der Waals surface area contributed by atoms with Gasteiger partial charge in [-0.15, -0.1) is 0 Å². The molecule has 130 valence electrons. The fraction of sp³-hybridized carbons (Fsp3) is 0.632. The Labute approximate surface area is 153 Å². The maximum Gasteiger partial charge on any atom is 0.186 e. The first kappa shape index (κ1) is 16.7. The lowest BCUT2D eigenvalue weighted by Crippen LogP contribution is -2.45. The van der Waals surface area contributed by atoms with Crippen LogP contribution in [0.2, 0.25) is 0 Å². The predicted molar refractivity (Wildman–Crippen MR) is 106 cm³/mol. The predicted octanol–water partition coefficient (Wildman–Crippen LogP) is 5.73. The van der Waals surface area contributed by atoms with Crippen molar-refractivity contribution in [3.8, 4) is 0 Å². The first-order valence-corrected chi connectivity index (χ1v) is 11.1. The Balaban J connectivity index is 1.71. The molecule has 0 bridgehead atoms. The van der Waals surface area contributed by atoms with Gasteiger partial charge in [-0.25, -0.2) is 4.98 Å².